The van der Waals surface area contributed by atoms with Gasteiger partial charge in [-0.2, -0.15) is 0 Å². The first-order chi connectivity index (χ1) is 10.6. The number of halogens is 1. The number of allylic oxidation sites excluding steroid dienone is 2. The highest BCUT2D eigenvalue weighted by Gasteiger charge is 2.44. The van der Waals surface area contributed by atoms with E-state index < -0.39 is 0 Å². The molecule has 0 spiro atoms. The summed E-state index contributed by atoms with van der Waals surface area (Å²) in [7, 11) is 0. The Morgan fingerprint density at radius 2 is 1.73 bits per heavy atom. The average molecular weight is 400 g/mol. The first-order valence-electron chi connectivity index (χ1n) is 8.13. The fourth-order valence-corrected chi connectivity index (χ4v) is 4.75. The van der Waals surface area contributed by atoms with Crippen LogP contribution in [0.15, 0.2) is 54.6 Å². The third-order valence-electron chi connectivity index (χ3n) is 5.66. The zero-order valence-corrected chi connectivity index (χ0v) is 15.3. The van der Waals surface area contributed by atoms with E-state index in [-0.39, 0.29) is 5.41 Å². The second kappa shape index (κ2) is 5.23. The summed E-state index contributed by atoms with van der Waals surface area (Å²) >= 11 is 2.39. The summed E-state index contributed by atoms with van der Waals surface area (Å²) in [5.41, 5.74) is 6.39. The van der Waals surface area contributed by atoms with Crippen LogP contribution in [0.2, 0.25) is 0 Å². The van der Waals surface area contributed by atoms with Crippen molar-refractivity contribution in [2.75, 3.05) is 0 Å². The van der Waals surface area contributed by atoms with Gasteiger partial charge in [0.1, 0.15) is 0 Å². The first-order valence-corrected chi connectivity index (χ1v) is 9.20. The molecule has 0 nitrogen and oxygen atoms in total. The molecule has 0 N–H and O–H groups in total. The van der Waals surface area contributed by atoms with Crippen molar-refractivity contribution in [3.63, 3.8) is 0 Å². The van der Waals surface area contributed by atoms with Crippen molar-refractivity contribution in [3.8, 4) is 0 Å². The first kappa shape index (κ1) is 14.5. The van der Waals surface area contributed by atoms with Crippen molar-refractivity contribution in [1.82, 2.24) is 0 Å². The van der Waals surface area contributed by atoms with Crippen molar-refractivity contribution in [2.24, 2.45) is 5.92 Å². The number of benzene rings is 2. The highest BCUT2D eigenvalue weighted by Crippen LogP contribution is 2.55. The smallest absolute Gasteiger partial charge is 0.0130 e. The van der Waals surface area contributed by atoms with Crippen LogP contribution in [0.25, 0.3) is 5.57 Å². The van der Waals surface area contributed by atoms with Gasteiger partial charge >= 0.3 is 0 Å². The predicted octanol–water partition coefficient (Wildman–Crippen LogP) is 6.16. The van der Waals surface area contributed by atoms with Crippen LogP contribution < -0.4 is 0 Å². The summed E-state index contributed by atoms with van der Waals surface area (Å²) in [6, 6.07) is 18.1. The van der Waals surface area contributed by atoms with Crippen LogP contribution >= 0.6 is 22.6 Å². The van der Waals surface area contributed by atoms with Gasteiger partial charge in [0.25, 0.3) is 0 Å². The Balaban J connectivity index is 1.72. The maximum absolute atomic E-state index is 2.52. The highest BCUT2D eigenvalue weighted by atomic mass is 127. The molecule has 22 heavy (non-hydrogen) atoms. The number of rotatable bonds is 1. The summed E-state index contributed by atoms with van der Waals surface area (Å²) in [5.74, 6) is 1.32. The molecular formula is C21H21I. The summed E-state index contributed by atoms with van der Waals surface area (Å²) in [6.45, 7) is 4.85. The third kappa shape index (κ3) is 2.17. The molecule has 2 aliphatic rings. The number of hydrogen-bond donors (Lipinski definition) is 0. The fraction of sp³-hybridized carbons (Fsp3) is 0.333. The number of fused-ring (bicyclic) bond motifs is 3. The van der Waals surface area contributed by atoms with Crippen LogP contribution in [0.5, 0.6) is 0 Å². The van der Waals surface area contributed by atoms with Crippen molar-refractivity contribution in [3.05, 3.63) is 74.9 Å². The number of hydrogen-bond acceptors (Lipinski definition) is 0. The van der Waals surface area contributed by atoms with Crippen molar-refractivity contribution in [1.29, 1.82) is 0 Å². The fourth-order valence-electron chi connectivity index (χ4n) is 4.39. The summed E-state index contributed by atoms with van der Waals surface area (Å²) < 4.78 is 1.32. The van der Waals surface area contributed by atoms with Gasteiger partial charge in [-0.1, -0.05) is 56.3 Å². The molecule has 2 unspecified atom stereocenters. The zero-order chi connectivity index (χ0) is 15.3. The molecule has 0 bridgehead atoms. The van der Waals surface area contributed by atoms with E-state index in [4.69, 9.17) is 0 Å². The van der Waals surface area contributed by atoms with Crippen molar-refractivity contribution in [2.45, 2.75) is 38.0 Å². The lowest BCUT2D eigenvalue weighted by molar-refractivity contribution is 0.355. The van der Waals surface area contributed by atoms with Crippen molar-refractivity contribution >= 4 is 28.2 Å². The molecule has 0 aliphatic heterocycles. The van der Waals surface area contributed by atoms with Gasteiger partial charge in [0, 0.05) is 3.57 Å². The highest BCUT2D eigenvalue weighted by molar-refractivity contribution is 14.1. The molecule has 0 saturated heterocycles. The molecule has 0 heterocycles. The molecule has 0 aromatic heterocycles. The molecule has 2 aliphatic carbocycles. The predicted molar refractivity (Wildman–Crippen MR) is 102 cm³/mol. The molecule has 4 rings (SSSR count). The van der Waals surface area contributed by atoms with E-state index in [0.717, 1.165) is 0 Å². The molecule has 0 fully saturated rings. The van der Waals surface area contributed by atoms with E-state index in [2.05, 4.69) is 91.0 Å². The topological polar surface area (TPSA) is 0 Å². The van der Waals surface area contributed by atoms with Crippen LogP contribution in [0.3, 0.4) is 0 Å². The molecule has 0 amide bonds. The molecule has 0 radical (unpaired) electrons. The molecule has 2 aromatic rings. The van der Waals surface area contributed by atoms with Gasteiger partial charge in [0.15, 0.2) is 0 Å². The molecule has 1 heteroatoms. The van der Waals surface area contributed by atoms with Gasteiger partial charge in [0.2, 0.25) is 0 Å². The molecule has 2 aromatic carbocycles. The van der Waals surface area contributed by atoms with E-state index >= 15 is 0 Å². The Morgan fingerprint density at radius 1 is 1.00 bits per heavy atom. The summed E-state index contributed by atoms with van der Waals surface area (Å²) in [5, 5.41) is 0. The Bertz CT molecular complexity index is 737. The van der Waals surface area contributed by atoms with Gasteiger partial charge in [-0.15, -0.1) is 0 Å². The largest absolute Gasteiger partial charge is 0.0798 e. The van der Waals surface area contributed by atoms with Crippen LogP contribution in [0, 0.1) is 9.49 Å². The van der Waals surface area contributed by atoms with Crippen LogP contribution in [-0.4, -0.2) is 0 Å². The quantitative estimate of drug-likeness (QED) is 0.503. The Morgan fingerprint density at radius 3 is 2.50 bits per heavy atom. The van der Waals surface area contributed by atoms with Crippen molar-refractivity contribution < 1.29 is 0 Å². The molecular weight excluding hydrogens is 379 g/mol. The van der Waals surface area contributed by atoms with Crippen LogP contribution in [0.1, 0.15) is 49.3 Å². The minimum atomic E-state index is 0.254. The minimum Gasteiger partial charge on any atom is -0.0798 e. The maximum atomic E-state index is 2.52. The van der Waals surface area contributed by atoms with Gasteiger partial charge in [0.05, 0.1) is 0 Å². The van der Waals surface area contributed by atoms with Gasteiger partial charge < -0.3 is 0 Å². The molecule has 2 atom stereocenters. The second-order valence-corrected chi connectivity index (χ2v) is 8.44. The lowest BCUT2D eigenvalue weighted by Crippen LogP contribution is -2.27. The Kier molecular flexibility index (Phi) is 3.44. The van der Waals surface area contributed by atoms with E-state index in [0.29, 0.717) is 11.8 Å². The van der Waals surface area contributed by atoms with Gasteiger partial charge in [-0.3, -0.25) is 0 Å². The molecule has 112 valence electrons. The van der Waals surface area contributed by atoms with Gasteiger partial charge in [-0.25, -0.2) is 0 Å². The van der Waals surface area contributed by atoms with E-state index in [1.165, 1.54) is 33.1 Å². The zero-order valence-electron chi connectivity index (χ0n) is 13.1. The monoisotopic (exact) mass is 400 g/mol. The third-order valence-corrected chi connectivity index (χ3v) is 6.38. The average Bonchev–Trinajstić information content (AvgIpc) is 2.77. The SMILES string of the molecule is CC1(C)c2ccccc2C2=CCC(c3ccc(I)cc3)CC21. The molecule has 0 saturated carbocycles. The second-order valence-electron chi connectivity index (χ2n) is 7.20. The standard InChI is InChI=1S/C21H21I/c1-21(2)19-6-4-3-5-17(19)18-12-9-15(13-20(18)21)14-7-10-16(22)11-8-14/h3-8,10-12,15,20H,9,13H2,1-2H3. The van der Waals surface area contributed by atoms with Gasteiger partial charge in [-0.05, 0) is 87.1 Å². The Labute approximate surface area is 146 Å². The lowest BCUT2D eigenvalue weighted by atomic mass is 9.69. The van der Waals surface area contributed by atoms with Crippen LogP contribution in [0.4, 0.5) is 0 Å². The van der Waals surface area contributed by atoms with E-state index in [1.54, 1.807) is 5.57 Å². The Hall–Kier alpha value is -1.09. The van der Waals surface area contributed by atoms with Crippen LogP contribution in [-0.2, 0) is 5.41 Å². The summed E-state index contributed by atoms with van der Waals surface area (Å²) in [4.78, 5) is 0. The normalized spacial score (nSPS) is 25.3. The summed E-state index contributed by atoms with van der Waals surface area (Å²) in [6.07, 6.45) is 4.97. The van der Waals surface area contributed by atoms with E-state index in [1.807, 2.05) is 0 Å². The lowest BCUT2D eigenvalue weighted by Gasteiger charge is -2.35. The maximum Gasteiger partial charge on any atom is 0.0130 e. The van der Waals surface area contributed by atoms with E-state index in [9.17, 15) is 0 Å². The minimum absolute atomic E-state index is 0.254.